The molecule has 2 fully saturated rings. The second-order valence-corrected chi connectivity index (χ2v) is 6.12. The molecule has 4 nitrogen and oxygen atoms in total. The van der Waals surface area contributed by atoms with Crippen molar-refractivity contribution in [2.45, 2.75) is 25.3 Å². The number of carbonyl (C=O) groups excluding carboxylic acids is 1. The van der Waals surface area contributed by atoms with Gasteiger partial charge in [0.15, 0.2) is 0 Å². The Morgan fingerprint density at radius 3 is 2.89 bits per heavy atom. The third kappa shape index (κ3) is 2.82. The Balaban J connectivity index is 1.73. The smallest absolute Gasteiger partial charge is 0.255 e. The zero-order valence-corrected chi connectivity index (χ0v) is 12.5. The molecule has 0 spiro atoms. The van der Waals surface area contributed by atoms with E-state index in [-0.39, 0.29) is 5.91 Å². The first-order valence-corrected chi connectivity index (χ1v) is 7.68. The molecule has 1 unspecified atom stereocenters. The third-order valence-electron chi connectivity index (χ3n) is 4.07. The van der Waals surface area contributed by atoms with Gasteiger partial charge in [-0.15, -0.1) is 0 Å². The Hall–Kier alpha value is -0.940. The first-order valence-electron chi connectivity index (χ1n) is 6.89. The fraction of sp³-hybridized carbons (Fsp3) is 0.571. The van der Waals surface area contributed by atoms with Crippen molar-refractivity contribution in [1.29, 1.82) is 0 Å². The van der Waals surface area contributed by atoms with Crippen molar-refractivity contribution >= 4 is 21.8 Å². The van der Waals surface area contributed by atoms with Gasteiger partial charge in [0.25, 0.3) is 5.91 Å². The highest BCUT2D eigenvalue weighted by molar-refractivity contribution is 9.10. The summed E-state index contributed by atoms with van der Waals surface area (Å²) in [4.78, 5) is 21.2. The number of aromatic nitrogens is 1. The Kier molecular flexibility index (Phi) is 3.84. The third-order valence-corrected chi connectivity index (χ3v) is 4.53. The number of rotatable bonds is 1. The van der Waals surface area contributed by atoms with E-state index < -0.39 is 0 Å². The van der Waals surface area contributed by atoms with E-state index in [1.807, 2.05) is 17.0 Å². The van der Waals surface area contributed by atoms with Crippen molar-refractivity contribution < 1.29 is 4.79 Å². The van der Waals surface area contributed by atoms with Crippen molar-refractivity contribution in [3.05, 3.63) is 28.5 Å². The van der Waals surface area contributed by atoms with Crippen molar-refractivity contribution in [1.82, 2.24) is 14.8 Å². The number of nitrogens with zero attached hydrogens (tertiary/aromatic N) is 3. The molecule has 19 heavy (non-hydrogen) atoms. The van der Waals surface area contributed by atoms with Crippen LogP contribution in [0.25, 0.3) is 0 Å². The summed E-state index contributed by atoms with van der Waals surface area (Å²) >= 11 is 3.30. The molecule has 2 saturated heterocycles. The maximum absolute atomic E-state index is 12.5. The summed E-state index contributed by atoms with van der Waals surface area (Å²) in [6.07, 6.45) is 5.23. The van der Waals surface area contributed by atoms with Crippen LogP contribution in [0.4, 0.5) is 0 Å². The quantitative estimate of drug-likeness (QED) is 0.743. The van der Waals surface area contributed by atoms with Crippen molar-refractivity contribution in [3.63, 3.8) is 0 Å². The molecule has 1 aromatic heterocycles. The number of hydrogen-bond donors (Lipinski definition) is 0. The van der Waals surface area contributed by atoms with Crippen LogP contribution in [0, 0.1) is 0 Å². The average Bonchev–Trinajstić information content (AvgIpc) is 2.76. The molecule has 3 rings (SSSR count). The maximum Gasteiger partial charge on any atom is 0.255 e. The Morgan fingerprint density at radius 1 is 1.26 bits per heavy atom. The van der Waals surface area contributed by atoms with Crippen LogP contribution >= 0.6 is 15.9 Å². The van der Waals surface area contributed by atoms with Gasteiger partial charge in [0, 0.05) is 31.9 Å². The molecular weight excluding hydrogens is 306 g/mol. The Morgan fingerprint density at radius 2 is 2.11 bits per heavy atom. The maximum atomic E-state index is 12.5. The lowest BCUT2D eigenvalue weighted by Crippen LogP contribution is -2.39. The van der Waals surface area contributed by atoms with Crippen LogP contribution in [0.15, 0.2) is 22.9 Å². The molecule has 1 atom stereocenters. The summed E-state index contributed by atoms with van der Waals surface area (Å²) < 4.78 is 0.766. The molecule has 0 aromatic carbocycles. The highest BCUT2D eigenvalue weighted by Gasteiger charge is 2.30. The van der Waals surface area contributed by atoms with Crippen LogP contribution in [0.3, 0.4) is 0 Å². The highest BCUT2D eigenvalue weighted by Crippen LogP contribution is 2.22. The van der Waals surface area contributed by atoms with Gasteiger partial charge in [-0.05, 0) is 53.9 Å². The summed E-state index contributed by atoms with van der Waals surface area (Å²) in [7, 11) is 0. The molecule has 0 bridgehead atoms. The molecule has 0 aliphatic carbocycles. The minimum Gasteiger partial charge on any atom is -0.337 e. The zero-order valence-electron chi connectivity index (χ0n) is 10.9. The van der Waals surface area contributed by atoms with E-state index in [1.54, 1.807) is 6.20 Å². The number of fused-ring (bicyclic) bond motifs is 1. The summed E-state index contributed by atoms with van der Waals surface area (Å²) in [5.74, 6) is 0.119. The van der Waals surface area contributed by atoms with E-state index in [9.17, 15) is 4.79 Å². The number of halogens is 1. The van der Waals surface area contributed by atoms with Gasteiger partial charge in [0.2, 0.25) is 0 Å². The zero-order chi connectivity index (χ0) is 13.2. The second-order valence-electron chi connectivity index (χ2n) is 5.31. The number of hydrogen-bond acceptors (Lipinski definition) is 3. The van der Waals surface area contributed by atoms with Crippen molar-refractivity contribution in [3.8, 4) is 0 Å². The lowest BCUT2D eigenvalue weighted by molar-refractivity contribution is 0.0743. The van der Waals surface area contributed by atoms with Crippen LogP contribution in [-0.2, 0) is 0 Å². The van der Waals surface area contributed by atoms with Crippen LogP contribution < -0.4 is 0 Å². The van der Waals surface area contributed by atoms with Gasteiger partial charge in [0.05, 0.1) is 5.56 Å². The summed E-state index contributed by atoms with van der Waals surface area (Å²) in [6, 6.07) is 4.23. The molecule has 2 aliphatic heterocycles. The Labute approximate surface area is 121 Å². The predicted molar refractivity (Wildman–Crippen MR) is 77.1 cm³/mol. The minimum atomic E-state index is 0.119. The van der Waals surface area contributed by atoms with E-state index in [0.717, 1.165) is 30.7 Å². The van der Waals surface area contributed by atoms with Crippen LogP contribution in [0.1, 0.15) is 29.6 Å². The van der Waals surface area contributed by atoms with Crippen molar-refractivity contribution in [2.75, 3.05) is 26.2 Å². The molecule has 0 saturated carbocycles. The molecule has 5 heteroatoms. The van der Waals surface area contributed by atoms with Crippen molar-refractivity contribution in [2.24, 2.45) is 0 Å². The number of carbonyl (C=O) groups is 1. The lowest BCUT2D eigenvalue weighted by atomic mass is 10.2. The summed E-state index contributed by atoms with van der Waals surface area (Å²) in [5, 5.41) is 0. The van der Waals surface area contributed by atoms with Crippen LogP contribution in [0.2, 0.25) is 0 Å². The van der Waals surface area contributed by atoms with Gasteiger partial charge in [-0.1, -0.05) is 0 Å². The largest absolute Gasteiger partial charge is 0.337 e. The molecule has 2 aliphatic rings. The number of pyridine rings is 1. The van der Waals surface area contributed by atoms with Gasteiger partial charge >= 0.3 is 0 Å². The van der Waals surface area contributed by atoms with Gasteiger partial charge in [-0.3, -0.25) is 9.69 Å². The van der Waals surface area contributed by atoms with Gasteiger partial charge in [-0.25, -0.2) is 4.98 Å². The normalized spacial score (nSPS) is 24.1. The predicted octanol–water partition coefficient (Wildman–Crippen LogP) is 2.15. The van der Waals surface area contributed by atoms with Gasteiger partial charge in [0.1, 0.15) is 4.60 Å². The highest BCUT2D eigenvalue weighted by atomic mass is 79.9. The van der Waals surface area contributed by atoms with E-state index in [2.05, 4.69) is 25.8 Å². The minimum absolute atomic E-state index is 0.119. The molecule has 1 aromatic rings. The van der Waals surface area contributed by atoms with Crippen LogP contribution in [0.5, 0.6) is 0 Å². The summed E-state index contributed by atoms with van der Waals surface area (Å²) in [6.45, 7) is 4.07. The van der Waals surface area contributed by atoms with E-state index in [1.165, 1.54) is 19.4 Å². The summed E-state index contributed by atoms with van der Waals surface area (Å²) in [5.41, 5.74) is 0.689. The molecule has 0 N–H and O–H groups in total. The van der Waals surface area contributed by atoms with E-state index >= 15 is 0 Å². The first kappa shape index (κ1) is 13.1. The van der Waals surface area contributed by atoms with E-state index in [4.69, 9.17) is 0 Å². The molecule has 102 valence electrons. The lowest BCUT2D eigenvalue weighted by Gasteiger charge is -2.25. The SMILES string of the molecule is O=C(c1ccc(Br)nc1)N1CCCN2CCCC2C1. The molecular formula is C14H18BrN3O. The first-order chi connectivity index (χ1) is 9.24. The standard InChI is InChI=1S/C14H18BrN3O/c15-13-5-4-11(9-16-13)14(19)18-8-2-7-17-6-1-3-12(17)10-18/h4-5,9,12H,1-3,6-8,10H2. The molecule has 3 heterocycles. The average molecular weight is 324 g/mol. The van der Waals surface area contributed by atoms with Crippen LogP contribution in [-0.4, -0.2) is 52.9 Å². The number of amides is 1. The fourth-order valence-electron chi connectivity index (χ4n) is 3.08. The van der Waals surface area contributed by atoms with Gasteiger partial charge in [-0.2, -0.15) is 0 Å². The second kappa shape index (κ2) is 5.59. The fourth-order valence-corrected chi connectivity index (χ4v) is 3.31. The molecule has 1 amide bonds. The Bertz CT molecular complexity index is 462. The topological polar surface area (TPSA) is 36.4 Å². The monoisotopic (exact) mass is 323 g/mol. The van der Waals surface area contributed by atoms with Gasteiger partial charge < -0.3 is 4.90 Å². The molecule has 0 radical (unpaired) electrons. The van der Waals surface area contributed by atoms with E-state index in [0.29, 0.717) is 11.6 Å².